The van der Waals surface area contributed by atoms with E-state index in [2.05, 4.69) is 34.9 Å². The molecule has 5 heteroatoms. The minimum absolute atomic E-state index is 0.0138. The van der Waals surface area contributed by atoms with Crippen molar-refractivity contribution < 1.29 is 13.9 Å². The summed E-state index contributed by atoms with van der Waals surface area (Å²) in [6, 6.07) is 20.4. The molecule has 4 nitrogen and oxygen atoms in total. The van der Waals surface area contributed by atoms with Gasteiger partial charge in [0.2, 0.25) is 0 Å². The first-order chi connectivity index (χ1) is 14.1. The van der Waals surface area contributed by atoms with Gasteiger partial charge in [-0.25, -0.2) is 9.18 Å². The van der Waals surface area contributed by atoms with Crippen LogP contribution in [0.4, 0.5) is 9.18 Å². The predicted octanol–water partition coefficient (Wildman–Crippen LogP) is 4.71. The minimum Gasteiger partial charge on any atom is -0.445 e. The molecule has 0 bridgehead atoms. The number of amides is 1. The van der Waals surface area contributed by atoms with Crippen LogP contribution in [0, 0.1) is 0 Å². The highest BCUT2D eigenvalue weighted by Gasteiger charge is 2.41. The maximum atomic E-state index is 15.2. The van der Waals surface area contributed by atoms with E-state index in [-0.39, 0.29) is 12.6 Å². The molecule has 2 aliphatic rings. The van der Waals surface area contributed by atoms with Gasteiger partial charge in [-0.3, -0.25) is 0 Å². The molecule has 1 amide bonds. The highest BCUT2D eigenvalue weighted by atomic mass is 19.1. The van der Waals surface area contributed by atoms with E-state index in [0.29, 0.717) is 44.2 Å². The van der Waals surface area contributed by atoms with E-state index in [1.807, 2.05) is 36.4 Å². The van der Waals surface area contributed by atoms with Crippen LogP contribution in [0.3, 0.4) is 0 Å². The van der Waals surface area contributed by atoms with E-state index in [1.165, 1.54) is 5.56 Å². The maximum Gasteiger partial charge on any atom is 0.407 e. The summed E-state index contributed by atoms with van der Waals surface area (Å²) in [6.07, 6.45) is 2.87. The third-order valence-electron chi connectivity index (χ3n) is 6.12. The van der Waals surface area contributed by atoms with Gasteiger partial charge < -0.3 is 15.4 Å². The SMILES string of the molecule is O=C(NC1CCC(F)(CN[C@@H]2C[C@H]2c2ccccc2)CC1)OCc1ccccc1. The molecule has 4 rings (SSSR count). The fourth-order valence-corrected chi connectivity index (χ4v) is 4.19. The highest BCUT2D eigenvalue weighted by Crippen LogP contribution is 2.41. The second kappa shape index (κ2) is 8.95. The van der Waals surface area contributed by atoms with E-state index < -0.39 is 11.8 Å². The van der Waals surface area contributed by atoms with E-state index in [4.69, 9.17) is 4.74 Å². The van der Waals surface area contributed by atoms with Crippen molar-refractivity contribution >= 4 is 6.09 Å². The summed E-state index contributed by atoms with van der Waals surface area (Å²) in [6.45, 7) is 0.645. The molecule has 2 aliphatic carbocycles. The number of carbonyl (C=O) groups excluding carboxylic acids is 1. The van der Waals surface area contributed by atoms with Crippen molar-refractivity contribution in [2.45, 2.75) is 62.4 Å². The Labute approximate surface area is 171 Å². The number of hydrogen-bond donors (Lipinski definition) is 2. The smallest absolute Gasteiger partial charge is 0.407 e. The molecule has 2 saturated carbocycles. The molecule has 2 atom stereocenters. The van der Waals surface area contributed by atoms with Crippen molar-refractivity contribution in [1.82, 2.24) is 10.6 Å². The van der Waals surface area contributed by atoms with Gasteiger partial charge in [-0.05, 0) is 43.2 Å². The third-order valence-corrected chi connectivity index (χ3v) is 6.12. The third kappa shape index (κ3) is 5.57. The Hall–Kier alpha value is -2.40. The zero-order valence-corrected chi connectivity index (χ0v) is 16.6. The summed E-state index contributed by atoms with van der Waals surface area (Å²) in [4.78, 5) is 12.0. The summed E-state index contributed by atoms with van der Waals surface area (Å²) < 4.78 is 20.4. The lowest BCUT2D eigenvalue weighted by Crippen LogP contribution is -2.46. The average Bonchev–Trinajstić information content (AvgIpc) is 3.54. The molecule has 0 aliphatic heterocycles. The molecule has 0 radical (unpaired) electrons. The molecular weight excluding hydrogens is 367 g/mol. The molecule has 0 spiro atoms. The van der Waals surface area contributed by atoms with Crippen LogP contribution < -0.4 is 10.6 Å². The lowest BCUT2D eigenvalue weighted by Gasteiger charge is -2.34. The standard InChI is InChI=1S/C24H29FN2O2/c25-24(17-26-22-15-21(22)19-9-5-2-6-10-19)13-11-20(12-14-24)27-23(28)29-16-18-7-3-1-4-8-18/h1-10,20-22,26H,11-17H2,(H,27,28)/t20?,21-,22+,24?/m0/s1. The molecule has 0 saturated heterocycles. The molecule has 2 N–H and O–H groups in total. The minimum atomic E-state index is -1.18. The number of halogens is 1. The topological polar surface area (TPSA) is 50.4 Å². The Morgan fingerprint density at radius 3 is 2.38 bits per heavy atom. The molecule has 154 valence electrons. The first-order valence-electron chi connectivity index (χ1n) is 10.6. The average molecular weight is 397 g/mol. The van der Waals surface area contributed by atoms with Gasteiger partial charge >= 0.3 is 6.09 Å². The van der Waals surface area contributed by atoms with E-state index in [9.17, 15) is 4.79 Å². The van der Waals surface area contributed by atoms with Crippen molar-refractivity contribution in [3.63, 3.8) is 0 Å². The van der Waals surface area contributed by atoms with Crippen LogP contribution in [0.2, 0.25) is 0 Å². The van der Waals surface area contributed by atoms with Gasteiger partial charge in [-0.1, -0.05) is 60.7 Å². The molecule has 0 heterocycles. The Balaban J connectivity index is 1.15. The molecule has 2 fully saturated rings. The van der Waals surface area contributed by atoms with Crippen LogP contribution in [-0.2, 0) is 11.3 Å². The summed E-state index contributed by atoms with van der Waals surface area (Å²) in [5.74, 6) is 0.511. The molecule has 0 unspecified atom stereocenters. The molecule has 0 aromatic heterocycles. The number of carbonyl (C=O) groups is 1. The van der Waals surface area contributed by atoms with Crippen LogP contribution in [0.1, 0.15) is 49.1 Å². The monoisotopic (exact) mass is 396 g/mol. The van der Waals surface area contributed by atoms with Gasteiger partial charge in [-0.2, -0.15) is 0 Å². The second-order valence-corrected chi connectivity index (χ2v) is 8.37. The van der Waals surface area contributed by atoms with Gasteiger partial charge in [0.15, 0.2) is 0 Å². The second-order valence-electron chi connectivity index (χ2n) is 8.37. The number of nitrogens with one attached hydrogen (secondary N) is 2. The molecule has 2 aromatic carbocycles. The van der Waals surface area contributed by atoms with Crippen LogP contribution in [0.5, 0.6) is 0 Å². The van der Waals surface area contributed by atoms with Crippen molar-refractivity contribution in [3.8, 4) is 0 Å². The first kappa shape index (κ1) is 19.9. The van der Waals surface area contributed by atoms with Crippen LogP contribution in [0.25, 0.3) is 0 Å². The fourth-order valence-electron chi connectivity index (χ4n) is 4.19. The maximum absolute atomic E-state index is 15.2. The van der Waals surface area contributed by atoms with Crippen LogP contribution in [-0.4, -0.2) is 30.4 Å². The Morgan fingerprint density at radius 1 is 1.03 bits per heavy atom. The van der Waals surface area contributed by atoms with Crippen molar-refractivity contribution in [1.29, 1.82) is 0 Å². The lowest BCUT2D eigenvalue weighted by atomic mass is 9.83. The highest BCUT2D eigenvalue weighted by molar-refractivity contribution is 5.67. The van der Waals surface area contributed by atoms with E-state index in [1.54, 1.807) is 0 Å². The Morgan fingerprint density at radius 2 is 1.69 bits per heavy atom. The molecule has 2 aromatic rings. The number of benzene rings is 2. The quantitative estimate of drug-likeness (QED) is 0.713. The van der Waals surface area contributed by atoms with Crippen molar-refractivity contribution in [3.05, 3.63) is 71.8 Å². The summed E-state index contributed by atoms with van der Waals surface area (Å²) in [5, 5.41) is 6.31. The number of hydrogen-bond acceptors (Lipinski definition) is 3. The zero-order chi connectivity index (χ0) is 20.1. The molecule has 29 heavy (non-hydrogen) atoms. The lowest BCUT2D eigenvalue weighted by molar-refractivity contribution is 0.0843. The van der Waals surface area contributed by atoms with Crippen molar-refractivity contribution in [2.24, 2.45) is 0 Å². The number of rotatable bonds is 7. The van der Waals surface area contributed by atoms with Crippen molar-refractivity contribution in [2.75, 3.05) is 6.54 Å². The number of alkyl halides is 1. The van der Waals surface area contributed by atoms with Gasteiger partial charge in [0.25, 0.3) is 0 Å². The van der Waals surface area contributed by atoms with Crippen LogP contribution in [0.15, 0.2) is 60.7 Å². The summed E-state index contributed by atoms with van der Waals surface area (Å²) in [5.41, 5.74) is 1.10. The summed E-state index contributed by atoms with van der Waals surface area (Å²) >= 11 is 0. The Kier molecular flexibility index (Phi) is 6.14. The Bertz CT molecular complexity index is 791. The van der Waals surface area contributed by atoms with E-state index in [0.717, 1.165) is 12.0 Å². The van der Waals surface area contributed by atoms with Crippen LogP contribution >= 0.6 is 0 Å². The largest absolute Gasteiger partial charge is 0.445 e. The zero-order valence-electron chi connectivity index (χ0n) is 16.6. The van der Waals surface area contributed by atoms with Gasteiger partial charge in [0.05, 0.1) is 0 Å². The molecular formula is C24H29FN2O2. The van der Waals surface area contributed by atoms with Gasteiger partial charge in [-0.15, -0.1) is 0 Å². The predicted molar refractivity (Wildman–Crippen MR) is 111 cm³/mol. The van der Waals surface area contributed by atoms with Gasteiger partial charge in [0, 0.05) is 24.5 Å². The fraction of sp³-hybridized carbons (Fsp3) is 0.458. The number of alkyl carbamates (subject to hydrolysis) is 1. The first-order valence-corrected chi connectivity index (χ1v) is 10.6. The van der Waals surface area contributed by atoms with E-state index >= 15 is 4.39 Å². The normalized spacial score (nSPS) is 28.5. The van der Waals surface area contributed by atoms with Gasteiger partial charge in [0.1, 0.15) is 12.3 Å². The summed E-state index contributed by atoms with van der Waals surface area (Å²) in [7, 11) is 0. The number of ether oxygens (including phenoxy) is 1.